The van der Waals surface area contributed by atoms with E-state index in [1.807, 2.05) is 0 Å². The minimum absolute atomic E-state index is 0.348. The van der Waals surface area contributed by atoms with Crippen LogP contribution in [0.4, 0.5) is 13.9 Å². The number of nitrogens with zero attached hydrogens (tertiary/aromatic N) is 1. The predicted octanol–water partition coefficient (Wildman–Crippen LogP) is 3.32. The van der Waals surface area contributed by atoms with E-state index in [9.17, 15) is 8.78 Å². The molecule has 78 valence electrons. The van der Waals surface area contributed by atoms with Crippen molar-refractivity contribution in [1.29, 1.82) is 0 Å². The molecule has 0 aliphatic rings. The molecule has 2 aromatic rings. The molecule has 0 atom stereocenters. The maximum absolute atomic E-state index is 13.1. The van der Waals surface area contributed by atoms with Gasteiger partial charge in [0.2, 0.25) is 0 Å². The van der Waals surface area contributed by atoms with Gasteiger partial charge in [0.1, 0.15) is 16.7 Å². The molecule has 0 aliphatic carbocycles. The van der Waals surface area contributed by atoms with Crippen molar-refractivity contribution >= 4 is 28.1 Å². The number of nitrogens with two attached hydrogens (primary N) is 1. The van der Waals surface area contributed by atoms with E-state index in [0.717, 1.165) is 23.5 Å². The van der Waals surface area contributed by atoms with E-state index >= 15 is 0 Å². The normalized spacial score (nSPS) is 10.6. The predicted molar refractivity (Wildman–Crippen MR) is 56.9 cm³/mol. The molecule has 2 rings (SSSR count). The molecule has 1 aromatic heterocycles. The second-order valence-corrected chi connectivity index (χ2v) is 4.26. The van der Waals surface area contributed by atoms with Crippen LogP contribution in [0.5, 0.6) is 0 Å². The number of hydrogen-bond acceptors (Lipinski definition) is 3. The quantitative estimate of drug-likeness (QED) is 0.784. The molecule has 0 bridgehead atoms. The molecule has 0 saturated carbocycles. The minimum atomic E-state index is -0.793. The van der Waals surface area contributed by atoms with E-state index in [-0.39, 0.29) is 0 Å². The zero-order valence-electron chi connectivity index (χ0n) is 7.30. The van der Waals surface area contributed by atoms with Crippen LogP contribution < -0.4 is 5.73 Å². The number of halogens is 3. The van der Waals surface area contributed by atoms with E-state index in [1.54, 1.807) is 0 Å². The summed E-state index contributed by atoms with van der Waals surface area (Å²) in [5, 5.41) is -0.156. The fourth-order valence-electron chi connectivity index (χ4n) is 1.12. The van der Waals surface area contributed by atoms with Crippen molar-refractivity contribution in [1.82, 2.24) is 4.98 Å². The van der Waals surface area contributed by atoms with Gasteiger partial charge in [-0.25, -0.2) is 13.8 Å². The van der Waals surface area contributed by atoms with Crippen LogP contribution in [0, 0.1) is 11.6 Å². The summed E-state index contributed by atoms with van der Waals surface area (Å²) in [6.45, 7) is 0. The van der Waals surface area contributed by atoms with Gasteiger partial charge in [0, 0.05) is 6.20 Å². The molecular formula is C9H5ClF2N2S. The van der Waals surface area contributed by atoms with Crippen LogP contribution >= 0.6 is 22.9 Å². The summed E-state index contributed by atoms with van der Waals surface area (Å²) in [5.41, 5.74) is 5.79. The number of rotatable bonds is 1. The standard InChI is InChI=1S/C9H5ClF2N2S/c10-8-5(11)1-4(2-6(8)12)7-3-14-9(13)15-7/h1-3H,(H2,13,14). The van der Waals surface area contributed by atoms with Crippen LogP contribution in [-0.2, 0) is 0 Å². The van der Waals surface area contributed by atoms with Crippen molar-refractivity contribution in [2.75, 3.05) is 5.73 Å². The molecule has 6 heteroatoms. The summed E-state index contributed by atoms with van der Waals surface area (Å²) < 4.78 is 26.2. The molecule has 0 unspecified atom stereocenters. The molecule has 15 heavy (non-hydrogen) atoms. The smallest absolute Gasteiger partial charge is 0.180 e. The molecule has 0 spiro atoms. The third kappa shape index (κ3) is 1.93. The van der Waals surface area contributed by atoms with Gasteiger partial charge in [-0.2, -0.15) is 0 Å². The molecule has 2 N–H and O–H groups in total. The third-order valence-corrected chi connectivity index (χ3v) is 3.03. The van der Waals surface area contributed by atoms with Crippen molar-refractivity contribution < 1.29 is 8.78 Å². The second kappa shape index (κ2) is 3.75. The Balaban J connectivity index is 2.55. The van der Waals surface area contributed by atoms with E-state index in [2.05, 4.69) is 4.98 Å². The SMILES string of the molecule is Nc1ncc(-c2cc(F)c(Cl)c(F)c2)s1. The largest absolute Gasteiger partial charge is 0.375 e. The maximum atomic E-state index is 13.1. The van der Waals surface area contributed by atoms with Gasteiger partial charge in [-0.3, -0.25) is 0 Å². The van der Waals surface area contributed by atoms with E-state index < -0.39 is 16.7 Å². The van der Waals surface area contributed by atoms with E-state index in [0.29, 0.717) is 15.6 Å². The van der Waals surface area contributed by atoms with Crippen LogP contribution in [0.25, 0.3) is 10.4 Å². The zero-order valence-corrected chi connectivity index (χ0v) is 8.87. The summed E-state index contributed by atoms with van der Waals surface area (Å²) >= 11 is 6.51. The topological polar surface area (TPSA) is 38.9 Å². The lowest BCUT2D eigenvalue weighted by Crippen LogP contribution is -1.85. The monoisotopic (exact) mass is 246 g/mol. The summed E-state index contributed by atoms with van der Waals surface area (Å²) in [4.78, 5) is 4.39. The highest BCUT2D eigenvalue weighted by molar-refractivity contribution is 7.18. The van der Waals surface area contributed by atoms with Crippen molar-refractivity contribution in [3.05, 3.63) is 35.0 Å². The van der Waals surface area contributed by atoms with Gasteiger partial charge in [-0.05, 0) is 17.7 Å². The Morgan fingerprint density at radius 1 is 1.27 bits per heavy atom. The van der Waals surface area contributed by atoms with Gasteiger partial charge < -0.3 is 5.73 Å². The summed E-state index contributed by atoms with van der Waals surface area (Å²) in [5.74, 6) is -1.59. The number of nitrogen functional groups attached to an aromatic ring is 1. The van der Waals surface area contributed by atoms with Crippen molar-refractivity contribution in [3.8, 4) is 10.4 Å². The van der Waals surface area contributed by atoms with E-state index in [1.165, 1.54) is 6.20 Å². The molecule has 2 nitrogen and oxygen atoms in total. The van der Waals surface area contributed by atoms with Crippen LogP contribution in [0.2, 0.25) is 5.02 Å². The van der Waals surface area contributed by atoms with Gasteiger partial charge in [-0.1, -0.05) is 22.9 Å². The number of aromatic nitrogens is 1. The van der Waals surface area contributed by atoms with Gasteiger partial charge in [-0.15, -0.1) is 0 Å². The molecule has 1 heterocycles. The van der Waals surface area contributed by atoms with Crippen LogP contribution in [-0.4, -0.2) is 4.98 Å². The molecule has 0 saturated heterocycles. The third-order valence-electron chi connectivity index (χ3n) is 1.79. The Hall–Kier alpha value is -1.20. The average Bonchev–Trinajstić information content (AvgIpc) is 2.60. The summed E-state index contributed by atoms with van der Waals surface area (Å²) in [7, 11) is 0. The second-order valence-electron chi connectivity index (χ2n) is 2.82. The fourth-order valence-corrected chi connectivity index (χ4v) is 1.90. The number of anilines is 1. The number of hydrogen-bond donors (Lipinski definition) is 1. The van der Waals surface area contributed by atoms with Gasteiger partial charge in [0.05, 0.1) is 4.88 Å². The Morgan fingerprint density at radius 2 is 1.87 bits per heavy atom. The zero-order chi connectivity index (χ0) is 11.0. The van der Waals surface area contributed by atoms with Gasteiger partial charge in [0.25, 0.3) is 0 Å². The van der Waals surface area contributed by atoms with Crippen molar-refractivity contribution in [2.24, 2.45) is 0 Å². The lowest BCUT2D eigenvalue weighted by atomic mass is 10.2. The average molecular weight is 247 g/mol. The van der Waals surface area contributed by atoms with Crippen molar-refractivity contribution in [3.63, 3.8) is 0 Å². The number of benzene rings is 1. The van der Waals surface area contributed by atoms with E-state index in [4.69, 9.17) is 17.3 Å². The highest BCUT2D eigenvalue weighted by Gasteiger charge is 2.11. The Labute approximate surface area is 93.3 Å². The summed E-state index contributed by atoms with van der Waals surface area (Å²) in [6.07, 6.45) is 1.46. The highest BCUT2D eigenvalue weighted by Crippen LogP contribution is 2.31. The van der Waals surface area contributed by atoms with Crippen LogP contribution in [0.3, 0.4) is 0 Å². The first-order valence-electron chi connectivity index (χ1n) is 3.94. The maximum Gasteiger partial charge on any atom is 0.180 e. The lowest BCUT2D eigenvalue weighted by Gasteiger charge is -2.00. The van der Waals surface area contributed by atoms with Gasteiger partial charge in [0.15, 0.2) is 5.13 Å². The molecule has 0 fully saturated rings. The summed E-state index contributed by atoms with van der Waals surface area (Å²) in [6, 6.07) is 2.30. The Kier molecular flexibility index (Phi) is 2.58. The first-order valence-corrected chi connectivity index (χ1v) is 5.13. The fraction of sp³-hybridized carbons (Fsp3) is 0. The number of thiazole rings is 1. The van der Waals surface area contributed by atoms with Crippen LogP contribution in [0.15, 0.2) is 18.3 Å². The Bertz CT molecular complexity index is 490. The molecule has 1 aromatic carbocycles. The molecule has 0 amide bonds. The minimum Gasteiger partial charge on any atom is -0.375 e. The van der Waals surface area contributed by atoms with Crippen molar-refractivity contribution in [2.45, 2.75) is 0 Å². The van der Waals surface area contributed by atoms with Crippen LogP contribution in [0.1, 0.15) is 0 Å². The first kappa shape index (κ1) is 10.3. The molecule has 0 aliphatic heterocycles. The lowest BCUT2D eigenvalue weighted by molar-refractivity contribution is 0.585. The Morgan fingerprint density at radius 3 is 2.33 bits per heavy atom. The molecular weight excluding hydrogens is 242 g/mol. The highest BCUT2D eigenvalue weighted by atomic mass is 35.5. The van der Waals surface area contributed by atoms with Gasteiger partial charge >= 0.3 is 0 Å². The first-order chi connectivity index (χ1) is 7.08. The molecule has 0 radical (unpaired) electrons.